The fraction of sp³-hybridized carbons (Fsp3) is 0.200. The van der Waals surface area contributed by atoms with Crippen LogP contribution in [0.15, 0.2) is 30.3 Å². The standard InChI is InChI=1S/C15H13F4N/c1-8-5-9(2)14(12(16)6-8)11-4-3-10(7-13(11)20)15(17,18)19/h3-7H,20H2,1-2H3. The minimum Gasteiger partial charge on any atom is -0.398 e. The van der Waals surface area contributed by atoms with Gasteiger partial charge in [0.05, 0.1) is 5.56 Å². The van der Waals surface area contributed by atoms with Crippen molar-refractivity contribution in [2.75, 3.05) is 5.73 Å². The van der Waals surface area contributed by atoms with Crippen molar-refractivity contribution in [3.05, 3.63) is 52.8 Å². The van der Waals surface area contributed by atoms with Crippen LogP contribution >= 0.6 is 0 Å². The minimum absolute atomic E-state index is 0.0920. The first-order valence-electron chi connectivity index (χ1n) is 5.94. The molecule has 0 fully saturated rings. The Hall–Kier alpha value is -2.04. The zero-order valence-electron chi connectivity index (χ0n) is 11.0. The second-order valence-corrected chi connectivity index (χ2v) is 4.74. The molecular weight excluding hydrogens is 270 g/mol. The molecule has 1 nitrogen and oxygen atoms in total. The lowest BCUT2D eigenvalue weighted by atomic mass is 9.95. The topological polar surface area (TPSA) is 26.0 Å². The fourth-order valence-corrected chi connectivity index (χ4v) is 2.22. The molecule has 0 aliphatic rings. The number of hydrogen-bond acceptors (Lipinski definition) is 1. The summed E-state index contributed by atoms with van der Waals surface area (Å²) in [4.78, 5) is 0. The monoisotopic (exact) mass is 283 g/mol. The first-order chi connectivity index (χ1) is 9.20. The van der Waals surface area contributed by atoms with Crippen LogP contribution in [0.25, 0.3) is 11.1 Å². The minimum atomic E-state index is -4.46. The summed E-state index contributed by atoms with van der Waals surface area (Å²) in [7, 11) is 0. The third-order valence-corrected chi connectivity index (χ3v) is 3.08. The SMILES string of the molecule is Cc1cc(C)c(-c2ccc(C(F)(F)F)cc2N)c(F)c1. The molecule has 2 aromatic carbocycles. The molecule has 0 radical (unpaired) electrons. The lowest BCUT2D eigenvalue weighted by Crippen LogP contribution is -2.06. The first kappa shape index (κ1) is 14.4. The van der Waals surface area contributed by atoms with Gasteiger partial charge in [-0.25, -0.2) is 4.39 Å². The van der Waals surface area contributed by atoms with E-state index in [1.165, 1.54) is 12.1 Å². The molecule has 106 valence electrons. The highest BCUT2D eigenvalue weighted by molar-refractivity contribution is 5.79. The number of nitrogens with two attached hydrogens (primary N) is 1. The number of benzene rings is 2. The van der Waals surface area contributed by atoms with Gasteiger partial charge < -0.3 is 5.73 Å². The zero-order chi connectivity index (χ0) is 15.1. The molecular formula is C15H13F4N. The van der Waals surface area contributed by atoms with Crippen LogP contribution in [0, 0.1) is 19.7 Å². The number of alkyl halides is 3. The first-order valence-corrected chi connectivity index (χ1v) is 5.94. The van der Waals surface area contributed by atoms with E-state index in [2.05, 4.69) is 0 Å². The van der Waals surface area contributed by atoms with Gasteiger partial charge in [-0.2, -0.15) is 13.2 Å². The molecule has 0 saturated heterocycles. The van der Waals surface area contributed by atoms with Crippen LogP contribution in [0.4, 0.5) is 23.2 Å². The quantitative estimate of drug-likeness (QED) is 0.595. The Morgan fingerprint density at radius 2 is 1.65 bits per heavy atom. The van der Waals surface area contributed by atoms with E-state index < -0.39 is 17.6 Å². The summed E-state index contributed by atoms with van der Waals surface area (Å²) in [5.41, 5.74) is 6.61. The Kier molecular flexibility index (Phi) is 3.46. The predicted octanol–water partition coefficient (Wildman–Crippen LogP) is 4.71. The van der Waals surface area contributed by atoms with Crippen LogP contribution in [0.2, 0.25) is 0 Å². The maximum absolute atomic E-state index is 14.0. The van der Waals surface area contributed by atoms with E-state index in [-0.39, 0.29) is 16.8 Å². The summed E-state index contributed by atoms with van der Waals surface area (Å²) in [6.07, 6.45) is -4.46. The van der Waals surface area contributed by atoms with E-state index >= 15 is 0 Å². The molecule has 5 heteroatoms. The molecule has 0 spiro atoms. The molecule has 0 unspecified atom stereocenters. The van der Waals surface area contributed by atoms with Crippen LogP contribution in [-0.4, -0.2) is 0 Å². The number of halogens is 4. The van der Waals surface area contributed by atoms with Gasteiger partial charge in [-0.15, -0.1) is 0 Å². The Morgan fingerprint density at radius 1 is 1.00 bits per heavy atom. The fourth-order valence-electron chi connectivity index (χ4n) is 2.22. The van der Waals surface area contributed by atoms with Crippen molar-refractivity contribution in [2.45, 2.75) is 20.0 Å². The van der Waals surface area contributed by atoms with Gasteiger partial charge in [0.25, 0.3) is 0 Å². The summed E-state index contributed by atoms with van der Waals surface area (Å²) in [6, 6.07) is 6.03. The van der Waals surface area contributed by atoms with Crippen LogP contribution < -0.4 is 5.73 Å². The van der Waals surface area contributed by atoms with E-state index in [0.717, 1.165) is 17.7 Å². The zero-order valence-corrected chi connectivity index (χ0v) is 11.0. The van der Waals surface area contributed by atoms with Crippen LogP contribution in [0.5, 0.6) is 0 Å². The van der Waals surface area contributed by atoms with Gasteiger partial charge in [-0.3, -0.25) is 0 Å². The van der Waals surface area contributed by atoms with Crippen molar-refractivity contribution in [1.82, 2.24) is 0 Å². The lowest BCUT2D eigenvalue weighted by molar-refractivity contribution is -0.137. The summed E-state index contributed by atoms with van der Waals surface area (Å²) in [5, 5.41) is 0. The Morgan fingerprint density at radius 3 is 2.15 bits per heavy atom. The summed E-state index contributed by atoms with van der Waals surface area (Å²) in [5.74, 6) is -0.492. The van der Waals surface area contributed by atoms with Gasteiger partial charge in [-0.1, -0.05) is 12.1 Å². The highest BCUT2D eigenvalue weighted by atomic mass is 19.4. The molecule has 20 heavy (non-hydrogen) atoms. The third-order valence-electron chi connectivity index (χ3n) is 3.08. The van der Waals surface area contributed by atoms with Gasteiger partial charge in [0.1, 0.15) is 5.82 Å². The van der Waals surface area contributed by atoms with Crippen LogP contribution in [0.1, 0.15) is 16.7 Å². The number of rotatable bonds is 1. The van der Waals surface area contributed by atoms with Crippen molar-refractivity contribution in [1.29, 1.82) is 0 Å². The maximum atomic E-state index is 14.0. The summed E-state index contributed by atoms with van der Waals surface area (Å²) < 4.78 is 51.8. The third kappa shape index (κ3) is 2.61. The summed E-state index contributed by atoms with van der Waals surface area (Å²) >= 11 is 0. The van der Waals surface area contributed by atoms with E-state index in [4.69, 9.17) is 5.73 Å². The average molecular weight is 283 g/mol. The molecule has 0 heterocycles. The molecule has 0 aliphatic heterocycles. The number of nitrogen functional groups attached to an aromatic ring is 1. The van der Waals surface area contributed by atoms with Gasteiger partial charge in [0.2, 0.25) is 0 Å². The molecule has 0 bridgehead atoms. The number of aryl methyl sites for hydroxylation is 2. The van der Waals surface area contributed by atoms with E-state index in [1.54, 1.807) is 19.9 Å². The van der Waals surface area contributed by atoms with Gasteiger partial charge in [-0.05, 0) is 43.2 Å². The molecule has 0 atom stereocenters. The van der Waals surface area contributed by atoms with Crippen molar-refractivity contribution in [3.63, 3.8) is 0 Å². The predicted molar refractivity (Wildman–Crippen MR) is 70.7 cm³/mol. The Labute approximate surface area is 114 Å². The molecule has 2 rings (SSSR count). The normalized spacial score (nSPS) is 11.7. The average Bonchev–Trinajstić information content (AvgIpc) is 2.28. The molecule has 2 aromatic rings. The van der Waals surface area contributed by atoms with Crippen LogP contribution in [0.3, 0.4) is 0 Å². The smallest absolute Gasteiger partial charge is 0.398 e. The summed E-state index contributed by atoms with van der Waals surface area (Å²) in [6.45, 7) is 3.44. The maximum Gasteiger partial charge on any atom is 0.416 e. The van der Waals surface area contributed by atoms with Crippen molar-refractivity contribution >= 4 is 5.69 Å². The highest BCUT2D eigenvalue weighted by Crippen LogP contribution is 2.36. The number of hydrogen-bond donors (Lipinski definition) is 1. The van der Waals surface area contributed by atoms with E-state index in [9.17, 15) is 17.6 Å². The Balaban J connectivity index is 2.61. The van der Waals surface area contributed by atoms with Crippen molar-refractivity contribution < 1.29 is 17.6 Å². The lowest BCUT2D eigenvalue weighted by Gasteiger charge is -2.14. The van der Waals surface area contributed by atoms with Crippen molar-refractivity contribution in [3.8, 4) is 11.1 Å². The molecule has 0 aliphatic carbocycles. The largest absolute Gasteiger partial charge is 0.416 e. The van der Waals surface area contributed by atoms with Gasteiger partial charge in [0.15, 0.2) is 0 Å². The second kappa shape index (κ2) is 4.81. The van der Waals surface area contributed by atoms with Crippen LogP contribution in [-0.2, 0) is 6.18 Å². The Bertz CT molecular complexity index is 636. The van der Waals surface area contributed by atoms with Crippen molar-refractivity contribution in [2.24, 2.45) is 0 Å². The second-order valence-electron chi connectivity index (χ2n) is 4.74. The van der Waals surface area contributed by atoms with E-state index in [1.807, 2.05) is 0 Å². The highest BCUT2D eigenvalue weighted by Gasteiger charge is 2.31. The molecule has 0 amide bonds. The van der Waals surface area contributed by atoms with Gasteiger partial charge >= 0.3 is 6.18 Å². The van der Waals surface area contributed by atoms with Gasteiger partial charge in [0, 0.05) is 16.8 Å². The molecule has 0 saturated carbocycles. The molecule has 2 N–H and O–H groups in total. The molecule has 0 aromatic heterocycles. The number of anilines is 1. The van der Waals surface area contributed by atoms with E-state index in [0.29, 0.717) is 5.56 Å².